The van der Waals surface area contributed by atoms with Gasteiger partial charge in [-0.1, -0.05) is 18.2 Å². The number of furan rings is 1. The van der Waals surface area contributed by atoms with Crippen LogP contribution < -0.4 is 0 Å². The molecule has 3 rings (SSSR count). The molecular weight excluding hydrogens is 238 g/mol. The molecule has 0 aliphatic carbocycles. The number of hydrogen-bond donors (Lipinski definition) is 0. The SMILES string of the molecule is Cc1cc(C(=O)c2cc3ccccc3o2)c(C)n1C. The predicted octanol–water partition coefficient (Wildman–Crippen LogP) is 3.62. The minimum Gasteiger partial charge on any atom is -0.453 e. The molecule has 0 N–H and O–H groups in total. The quantitative estimate of drug-likeness (QED) is 0.654. The number of aryl methyl sites for hydroxylation is 1. The van der Waals surface area contributed by atoms with Crippen LogP contribution in [0.3, 0.4) is 0 Å². The Balaban J connectivity index is 2.10. The molecule has 0 saturated carbocycles. The lowest BCUT2D eigenvalue weighted by molar-refractivity contribution is 0.101. The largest absolute Gasteiger partial charge is 0.453 e. The van der Waals surface area contributed by atoms with Gasteiger partial charge in [-0.15, -0.1) is 0 Å². The number of aromatic nitrogens is 1. The number of ketones is 1. The average molecular weight is 253 g/mol. The number of fused-ring (bicyclic) bond motifs is 1. The summed E-state index contributed by atoms with van der Waals surface area (Å²) in [7, 11) is 1.96. The second-order valence-corrected chi connectivity index (χ2v) is 4.82. The van der Waals surface area contributed by atoms with Crippen molar-refractivity contribution < 1.29 is 9.21 Å². The average Bonchev–Trinajstić information content (AvgIpc) is 2.95. The molecule has 0 fully saturated rings. The fraction of sp³-hybridized carbons (Fsp3) is 0.188. The summed E-state index contributed by atoms with van der Waals surface area (Å²) in [5, 5.41) is 0.955. The monoisotopic (exact) mass is 253 g/mol. The van der Waals surface area contributed by atoms with Crippen LogP contribution in [-0.2, 0) is 7.05 Å². The first-order valence-electron chi connectivity index (χ1n) is 6.24. The second kappa shape index (κ2) is 4.12. The standard InChI is InChI=1S/C16H15NO2/c1-10-8-13(11(2)17(10)3)16(18)15-9-12-6-4-5-7-14(12)19-15/h4-9H,1-3H3. The van der Waals surface area contributed by atoms with Crippen molar-refractivity contribution >= 4 is 16.8 Å². The van der Waals surface area contributed by atoms with E-state index >= 15 is 0 Å². The maximum absolute atomic E-state index is 12.5. The molecule has 0 amide bonds. The van der Waals surface area contributed by atoms with Gasteiger partial charge in [-0.25, -0.2) is 0 Å². The molecule has 3 aromatic rings. The van der Waals surface area contributed by atoms with Gasteiger partial charge < -0.3 is 8.98 Å². The maximum Gasteiger partial charge on any atom is 0.230 e. The van der Waals surface area contributed by atoms with Crippen LogP contribution in [0.5, 0.6) is 0 Å². The second-order valence-electron chi connectivity index (χ2n) is 4.82. The molecule has 0 unspecified atom stereocenters. The van der Waals surface area contributed by atoms with E-state index < -0.39 is 0 Å². The van der Waals surface area contributed by atoms with Gasteiger partial charge in [-0.05, 0) is 32.0 Å². The Morgan fingerprint density at radius 2 is 1.89 bits per heavy atom. The van der Waals surface area contributed by atoms with Crippen molar-refractivity contribution in [3.63, 3.8) is 0 Å². The van der Waals surface area contributed by atoms with Gasteiger partial charge in [0.25, 0.3) is 0 Å². The van der Waals surface area contributed by atoms with Crippen LogP contribution in [-0.4, -0.2) is 10.4 Å². The van der Waals surface area contributed by atoms with E-state index in [0.717, 1.165) is 22.4 Å². The molecule has 0 radical (unpaired) electrons. The first-order chi connectivity index (χ1) is 9.08. The zero-order chi connectivity index (χ0) is 13.6. The van der Waals surface area contributed by atoms with E-state index in [4.69, 9.17) is 4.42 Å². The molecule has 0 atom stereocenters. The molecule has 0 aliphatic rings. The number of nitrogens with zero attached hydrogens (tertiary/aromatic N) is 1. The number of carbonyl (C=O) groups is 1. The molecule has 2 aromatic heterocycles. The number of benzene rings is 1. The fourth-order valence-corrected chi connectivity index (χ4v) is 2.31. The Bertz CT molecular complexity index is 744. The van der Waals surface area contributed by atoms with Gasteiger partial charge >= 0.3 is 0 Å². The molecule has 96 valence electrons. The number of para-hydroxylation sites is 1. The third kappa shape index (κ3) is 1.78. The Morgan fingerprint density at radius 3 is 2.53 bits per heavy atom. The van der Waals surface area contributed by atoms with Crippen molar-refractivity contribution in [2.75, 3.05) is 0 Å². The van der Waals surface area contributed by atoms with Gasteiger partial charge in [0, 0.05) is 29.4 Å². The summed E-state index contributed by atoms with van der Waals surface area (Å²) in [4.78, 5) is 12.5. The molecular formula is C16H15NO2. The lowest BCUT2D eigenvalue weighted by Crippen LogP contribution is -2.02. The summed E-state index contributed by atoms with van der Waals surface area (Å²) in [6.07, 6.45) is 0. The van der Waals surface area contributed by atoms with E-state index in [9.17, 15) is 4.79 Å². The normalized spacial score (nSPS) is 11.1. The van der Waals surface area contributed by atoms with Crippen molar-refractivity contribution in [2.45, 2.75) is 13.8 Å². The highest BCUT2D eigenvalue weighted by molar-refractivity contribution is 6.09. The summed E-state index contributed by atoms with van der Waals surface area (Å²) in [6.45, 7) is 3.94. The third-order valence-electron chi connectivity index (χ3n) is 3.67. The Morgan fingerprint density at radius 1 is 1.16 bits per heavy atom. The number of carbonyl (C=O) groups excluding carboxylic acids is 1. The van der Waals surface area contributed by atoms with Crippen molar-refractivity contribution in [3.05, 3.63) is 59.1 Å². The van der Waals surface area contributed by atoms with E-state index in [1.165, 1.54) is 0 Å². The lowest BCUT2D eigenvalue weighted by atomic mass is 10.1. The first kappa shape index (κ1) is 11.8. The molecule has 3 nitrogen and oxygen atoms in total. The van der Waals surface area contributed by atoms with Gasteiger partial charge in [0.15, 0.2) is 5.76 Å². The van der Waals surface area contributed by atoms with E-state index in [-0.39, 0.29) is 5.78 Å². The zero-order valence-electron chi connectivity index (χ0n) is 11.2. The van der Waals surface area contributed by atoms with Crippen molar-refractivity contribution in [1.29, 1.82) is 0 Å². The van der Waals surface area contributed by atoms with Crippen LogP contribution in [0.25, 0.3) is 11.0 Å². The fourth-order valence-electron chi connectivity index (χ4n) is 2.31. The lowest BCUT2D eigenvalue weighted by Gasteiger charge is -2.00. The molecule has 0 spiro atoms. The maximum atomic E-state index is 12.5. The van der Waals surface area contributed by atoms with Gasteiger partial charge in [-0.3, -0.25) is 4.79 Å². The van der Waals surface area contributed by atoms with Crippen molar-refractivity contribution in [2.24, 2.45) is 7.05 Å². The molecule has 3 heteroatoms. The van der Waals surface area contributed by atoms with E-state index in [1.807, 2.05) is 55.8 Å². The van der Waals surface area contributed by atoms with E-state index in [1.54, 1.807) is 6.07 Å². The van der Waals surface area contributed by atoms with Crippen LogP contribution in [0.1, 0.15) is 27.5 Å². The van der Waals surface area contributed by atoms with Crippen molar-refractivity contribution in [1.82, 2.24) is 4.57 Å². The number of rotatable bonds is 2. The number of hydrogen-bond acceptors (Lipinski definition) is 2. The first-order valence-corrected chi connectivity index (χ1v) is 6.24. The van der Waals surface area contributed by atoms with Gasteiger partial charge in [0.1, 0.15) is 5.58 Å². The summed E-state index contributed by atoms with van der Waals surface area (Å²) >= 11 is 0. The summed E-state index contributed by atoms with van der Waals surface area (Å²) in [6, 6.07) is 11.4. The summed E-state index contributed by atoms with van der Waals surface area (Å²) in [5.74, 6) is 0.340. The smallest absolute Gasteiger partial charge is 0.230 e. The Kier molecular flexibility index (Phi) is 2.56. The van der Waals surface area contributed by atoms with Gasteiger partial charge in [0.05, 0.1) is 0 Å². The molecule has 0 bridgehead atoms. The third-order valence-corrected chi connectivity index (χ3v) is 3.67. The molecule has 0 saturated heterocycles. The summed E-state index contributed by atoms with van der Waals surface area (Å²) in [5.41, 5.74) is 3.48. The molecule has 1 aromatic carbocycles. The van der Waals surface area contributed by atoms with Crippen molar-refractivity contribution in [3.8, 4) is 0 Å². The molecule has 0 aliphatic heterocycles. The molecule has 19 heavy (non-hydrogen) atoms. The highest BCUT2D eigenvalue weighted by atomic mass is 16.3. The van der Waals surface area contributed by atoms with Crippen LogP contribution in [0.2, 0.25) is 0 Å². The van der Waals surface area contributed by atoms with Crippen LogP contribution in [0, 0.1) is 13.8 Å². The van der Waals surface area contributed by atoms with Gasteiger partial charge in [-0.2, -0.15) is 0 Å². The highest BCUT2D eigenvalue weighted by Crippen LogP contribution is 2.23. The topological polar surface area (TPSA) is 35.1 Å². The van der Waals surface area contributed by atoms with Crippen LogP contribution in [0.15, 0.2) is 40.8 Å². The van der Waals surface area contributed by atoms with E-state index in [2.05, 4.69) is 0 Å². The van der Waals surface area contributed by atoms with Gasteiger partial charge in [0.2, 0.25) is 5.78 Å². The predicted molar refractivity (Wildman–Crippen MR) is 74.5 cm³/mol. The minimum atomic E-state index is -0.0580. The minimum absolute atomic E-state index is 0.0580. The zero-order valence-corrected chi connectivity index (χ0v) is 11.2. The Labute approximate surface area is 111 Å². The summed E-state index contributed by atoms with van der Waals surface area (Å²) < 4.78 is 7.64. The van der Waals surface area contributed by atoms with Crippen LogP contribution in [0.4, 0.5) is 0 Å². The van der Waals surface area contributed by atoms with E-state index in [0.29, 0.717) is 11.3 Å². The highest BCUT2D eigenvalue weighted by Gasteiger charge is 2.19. The molecule has 2 heterocycles. The Hall–Kier alpha value is -2.29. The van der Waals surface area contributed by atoms with Crippen LogP contribution >= 0.6 is 0 Å².